The van der Waals surface area contributed by atoms with Gasteiger partial charge in [-0.05, 0) is 24.6 Å². The maximum atomic E-state index is 10.6. The lowest BCUT2D eigenvalue weighted by molar-refractivity contribution is -0.385. The van der Waals surface area contributed by atoms with E-state index in [1.807, 2.05) is 6.92 Å². The van der Waals surface area contributed by atoms with Crippen molar-refractivity contribution in [3.8, 4) is 0 Å². The topological polar surface area (TPSA) is 75.8 Å². The molecular formula is C14H8Br2Cl2N2O4. The van der Waals surface area contributed by atoms with E-state index < -0.39 is 11.0 Å². The van der Waals surface area contributed by atoms with Gasteiger partial charge in [-0.1, -0.05) is 66.2 Å². The molecule has 1 fully saturated rings. The average Bonchev–Trinajstić information content (AvgIpc) is 3.21. The van der Waals surface area contributed by atoms with Crippen molar-refractivity contribution in [2.45, 2.75) is 6.92 Å². The van der Waals surface area contributed by atoms with E-state index in [1.54, 1.807) is 18.2 Å². The van der Waals surface area contributed by atoms with Gasteiger partial charge in [0.1, 0.15) is 5.69 Å². The van der Waals surface area contributed by atoms with Crippen LogP contribution in [0.15, 0.2) is 39.3 Å². The van der Waals surface area contributed by atoms with E-state index in [0.29, 0.717) is 15.7 Å². The van der Waals surface area contributed by atoms with Crippen LogP contribution in [-0.2, 0) is 4.84 Å². The Kier molecular flexibility index (Phi) is 6.08. The second-order valence-electron chi connectivity index (χ2n) is 4.51. The number of carbonyl (C=O) groups excluding carboxylic acids is 1. The summed E-state index contributed by atoms with van der Waals surface area (Å²) < 4.78 is 1.48. The number of rotatable bonds is 2. The number of hydroxylamine groups is 1. The van der Waals surface area contributed by atoms with Gasteiger partial charge in [-0.3, -0.25) is 10.1 Å². The Labute approximate surface area is 163 Å². The smallest absolute Gasteiger partial charge is 0.308 e. The molecule has 0 spiro atoms. The summed E-state index contributed by atoms with van der Waals surface area (Å²) in [6.45, 7) is 1.87. The Hall–Kier alpha value is -1.35. The standard InChI is InChI=1S/C7H5Br2NO2.C7H3Cl2NO2/c1-4-6(8)2-5(10(11)12)3-7(4)9;8-4-2-1-3-5(9)6(4)10-7(11)12-10/h2-3H,1H3;1-3H. The minimum Gasteiger partial charge on any atom is -0.308 e. The normalized spacial score (nSPS) is 12.2. The second-order valence-corrected chi connectivity index (χ2v) is 7.04. The molecule has 1 aliphatic rings. The molecule has 3 rings (SSSR count). The van der Waals surface area contributed by atoms with Crippen LogP contribution in [0.3, 0.4) is 0 Å². The van der Waals surface area contributed by atoms with Gasteiger partial charge in [-0.2, -0.15) is 0 Å². The first-order chi connectivity index (χ1) is 11.2. The lowest BCUT2D eigenvalue weighted by atomic mass is 10.2. The molecule has 0 aromatic heterocycles. The molecule has 1 amide bonds. The molecule has 2 aromatic rings. The SMILES string of the molecule is Cc1c(Br)cc([N+](=O)[O-])cc1Br.O=C1ON1c1c(Cl)cccc1Cl. The van der Waals surface area contributed by atoms with Crippen molar-refractivity contribution >= 4 is 72.5 Å². The highest BCUT2D eigenvalue weighted by atomic mass is 79.9. The summed E-state index contributed by atoms with van der Waals surface area (Å²) in [6, 6.07) is 7.94. The summed E-state index contributed by atoms with van der Waals surface area (Å²) in [5.41, 5.74) is 1.45. The Bertz CT molecular complexity index is 789. The number of amides is 1. The molecule has 0 unspecified atom stereocenters. The fourth-order valence-corrected chi connectivity index (χ4v) is 3.33. The quantitative estimate of drug-likeness (QED) is 0.277. The van der Waals surface area contributed by atoms with Crippen molar-refractivity contribution in [1.29, 1.82) is 0 Å². The summed E-state index contributed by atoms with van der Waals surface area (Å²) in [6.07, 6.45) is -0.440. The Balaban J connectivity index is 0.000000174. The maximum absolute atomic E-state index is 10.6. The second kappa shape index (κ2) is 7.69. The van der Waals surface area contributed by atoms with Gasteiger partial charge in [0.2, 0.25) is 0 Å². The number of hydrogen-bond donors (Lipinski definition) is 0. The predicted octanol–water partition coefficient (Wildman–Crippen LogP) is 6.29. The number of benzene rings is 2. The van der Waals surface area contributed by atoms with E-state index >= 15 is 0 Å². The van der Waals surface area contributed by atoms with E-state index in [1.165, 1.54) is 12.1 Å². The number of nitro benzene ring substituents is 1. The van der Waals surface area contributed by atoms with Crippen molar-refractivity contribution in [3.05, 3.63) is 65.0 Å². The molecule has 10 heteroatoms. The van der Waals surface area contributed by atoms with E-state index in [-0.39, 0.29) is 5.69 Å². The highest BCUT2D eigenvalue weighted by Crippen LogP contribution is 2.38. The van der Waals surface area contributed by atoms with Crippen molar-refractivity contribution in [3.63, 3.8) is 0 Å². The predicted molar refractivity (Wildman–Crippen MR) is 98.7 cm³/mol. The summed E-state index contributed by atoms with van der Waals surface area (Å²) in [5, 5.41) is 12.2. The number of halogens is 4. The zero-order valence-corrected chi connectivity index (χ0v) is 16.6. The molecule has 1 saturated heterocycles. The molecule has 1 heterocycles. The average molecular weight is 499 g/mol. The molecule has 0 saturated carbocycles. The van der Waals surface area contributed by atoms with Crippen molar-refractivity contribution in [1.82, 2.24) is 0 Å². The first kappa shape index (κ1) is 19.0. The third-order valence-corrected chi connectivity index (χ3v) is 5.18. The molecule has 6 nitrogen and oxygen atoms in total. The first-order valence-electron chi connectivity index (χ1n) is 6.28. The van der Waals surface area contributed by atoms with Crippen LogP contribution >= 0.6 is 55.1 Å². The minimum absolute atomic E-state index is 0.0827. The number of nitro groups is 1. The summed E-state index contributed by atoms with van der Waals surface area (Å²) in [5.74, 6) is 0. The number of nitrogens with zero attached hydrogens (tertiary/aromatic N) is 2. The van der Waals surface area contributed by atoms with Gasteiger partial charge >= 0.3 is 6.09 Å². The number of carbonyl (C=O) groups is 1. The summed E-state index contributed by atoms with van der Waals surface area (Å²) >= 11 is 18.0. The van der Waals surface area contributed by atoms with E-state index in [4.69, 9.17) is 23.2 Å². The van der Waals surface area contributed by atoms with Crippen LogP contribution in [-0.4, -0.2) is 11.0 Å². The van der Waals surface area contributed by atoms with Crippen LogP contribution in [0.2, 0.25) is 10.0 Å². The Morgan fingerprint density at radius 1 is 1.17 bits per heavy atom. The number of non-ortho nitro benzene ring substituents is 1. The van der Waals surface area contributed by atoms with Gasteiger partial charge in [-0.15, -0.1) is 0 Å². The van der Waals surface area contributed by atoms with Crippen LogP contribution in [0.25, 0.3) is 0 Å². The molecule has 24 heavy (non-hydrogen) atoms. The van der Waals surface area contributed by atoms with Crippen LogP contribution in [0.1, 0.15) is 5.56 Å². The van der Waals surface area contributed by atoms with Gasteiger partial charge in [0.25, 0.3) is 5.69 Å². The van der Waals surface area contributed by atoms with E-state index in [0.717, 1.165) is 19.6 Å². The van der Waals surface area contributed by atoms with Gasteiger partial charge in [0.05, 0.1) is 15.0 Å². The van der Waals surface area contributed by atoms with E-state index in [9.17, 15) is 14.9 Å². The molecule has 0 bridgehead atoms. The van der Waals surface area contributed by atoms with Gasteiger partial charge in [0.15, 0.2) is 0 Å². The van der Waals surface area contributed by atoms with Crippen LogP contribution < -0.4 is 5.06 Å². The molecule has 2 aromatic carbocycles. The molecule has 1 aliphatic heterocycles. The molecule has 126 valence electrons. The minimum atomic E-state index is -0.440. The fourth-order valence-electron chi connectivity index (χ4n) is 1.61. The third-order valence-electron chi connectivity index (χ3n) is 2.92. The van der Waals surface area contributed by atoms with Crippen LogP contribution in [0.5, 0.6) is 0 Å². The molecular weight excluding hydrogens is 491 g/mol. The van der Waals surface area contributed by atoms with E-state index in [2.05, 4.69) is 36.7 Å². The highest BCUT2D eigenvalue weighted by Gasteiger charge is 2.39. The van der Waals surface area contributed by atoms with Gasteiger partial charge < -0.3 is 4.84 Å². The van der Waals surface area contributed by atoms with Gasteiger partial charge in [-0.25, -0.2) is 4.79 Å². The lowest BCUT2D eigenvalue weighted by Gasteiger charge is -2.00. The highest BCUT2D eigenvalue weighted by molar-refractivity contribution is 9.11. The van der Waals surface area contributed by atoms with Crippen LogP contribution in [0, 0.1) is 17.0 Å². The van der Waals surface area contributed by atoms with Crippen molar-refractivity contribution in [2.75, 3.05) is 5.06 Å². The third kappa shape index (κ3) is 4.38. The Morgan fingerprint density at radius 3 is 2.00 bits per heavy atom. The number of para-hydroxylation sites is 1. The number of hydrogen-bond acceptors (Lipinski definition) is 4. The molecule has 0 atom stereocenters. The summed E-state index contributed by atoms with van der Waals surface area (Å²) in [7, 11) is 0. The van der Waals surface area contributed by atoms with Crippen molar-refractivity contribution < 1.29 is 14.6 Å². The molecule has 0 radical (unpaired) electrons. The molecule has 0 aliphatic carbocycles. The largest absolute Gasteiger partial charge is 0.473 e. The number of anilines is 1. The Morgan fingerprint density at radius 2 is 1.62 bits per heavy atom. The van der Waals surface area contributed by atoms with Crippen molar-refractivity contribution in [2.24, 2.45) is 0 Å². The van der Waals surface area contributed by atoms with Gasteiger partial charge in [0, 0.05) is 21.1 Å². The summed E-state index contributed by atoms with van der Waals surface area (Å²) in [4.78, 5) is 25.0. The fraction of sp³-hybridized carbons (Fsp3) is 0.0714. The maximum Gasteiger partial charge on any atom is 0.473 e. The molecule has 0 N–H and O–H groups in total. The zero-order chi connectivity index (χ0) is 18.0. The first-order valence-corrected chi connectivity index (χ1v) is 8.62. The van der Waals surface area contributed by atoms with Crippen LogP contribution in [0.4, 0.5) is 16.2 Å². The lowest BCUT2D eigenvalue weighted by Crippen LogP contribution is -1.93. The zero-order valence-electron chi connectivity index (χ0n) is 11.9. The monoisotopic (exact) mass is 496 g/mol.